The zero-order chi connectivity index (χ0) is 16.5. The third-order valence-electron chi connectivity index (χ3n) is 3.49. The Bertz CT molecular complexity index is 309. The molecular formula is C16H30N2O4. The zero-order valence-electron chi connectivity index (χ0n) is 13.4. The van der Waals surface area contributed by atoms with Crippen LogP contribution in [0.1, 0.15) is 70.6 Å². The van der Waals surface area contributed by atoms with Gasteiger partial charge in [0.1, 0.15) is 0 Å². The Hall–Kier alpha value is -1.59. The van der Waals surface area contributed by atoms with E-state index in [-0.39, 0.29) is 12.5 Å². The molecule has 6 heteroatoms. The van der Waals surface area contributed by atoms with Crippen LogP contribution < -0.4 is 10.6 Å². The summed E-state index contributed by atoms with van der Waals surface area (Å²) in [6.07, 6.45) is 11.9. The van der Waals surface area contributed by atoms with E-state index in [1.54, 1.807) is 0 Å². The minimum Gasteiger partial charge on any atom is -0.481 e. The predicted octanol–water partition coefficient (Wildman–Crippen LogP) is 2.22. The average molecular weight is 314 g/mol. The number of aliphatic carboxylic acids is 1. The van der Waals surface area contributed by atoms with Gasteiger partial charge in [0.15, 0.2) is 0 Å². The molecule has 2 amide bonds. The molecule has 0 rings (SSSR count). The number of nitrogens with one attached hydrogen (secondary N) is 2. The third-order valence-corrected chi connectivity index (χ3v) is 3.49. The lowest BCUT2D eigenvalue weighted by Gasteiger charge is -2.05. The Morgan fingerprint density at radius 3 is 1.82 bits per heavy atom. The highest BCUT2D eigenvalue weighted by atomic mass is 16.4. The van der Waals surface area contributed by atoms with Gasteiger partial charge in [-0.25, -0.2) is 0 Å². The molecule has 0 unspecified atom stereocenters. The molecule has 0 aromatic heterocycles. The maximum Gasteiger partial charge on any atom is 0.303 e. The molecule has 0 radical (unpaired) electrons. The standard InChI is InChI=1S/C16H30N2O4/c19-14-17-13-15(20)18-12-10-8-6-4-2-1-3-5-7-9-11-16(21)22/h14H,1-13H2,(H,17,19)(H,18,20)(H,21,22). The second-order valence-electron chi connectivity index (χ2n) is 5.53. The monoisotopic (exact) mass is 314 g/mol. The van der Waals surface area contributed by atoms with Crippen molar-refractivity contribution in [3.05, 3.63) is 0 Å². The van der Waals surface area contributed by atoms with Crippen LogP contribution in [-0.4, -0.2) is 36.5 Å². The maximum atomic E-state index is 11.2. The number of rotatable bonds is 16. The number of hydrogen-bond acceptors (Lipinski definition) is 3. The van der Waals surface area contributed by atoms with Gasteiger partial charge in [0.25, 0.3) is 0 Å². The third kappa shape index (κ3) is 16.5. The minimum atomic E-state index is -0.698. The summed E-state index contributed by atoms with van der Waals surface area (Å²) in [6, 6.07) is 0. The summed E-state index contributed by atoms with van der Waals surface area (Å²) >= 11 is 0. The van der Waals surface area contributed by atoms with E-state index >= 15 is 0 Å². The van der Waals surface area contributed by atoms with Crippen LogP contribution in [0.4, 0.5) is 0 Å². The molecule has 0 heterocycles. The first-order chi connectivity index (χ1) is 10.7. The smallest absolute Gasteiger partial charge is 0.303 e. The predicted molar refractivity (Wildman–Crippen MR) is 85.5 cm³/mol. The molecule has 0 aliphatic rings. The van der Waals surface area contributed by atoms with Crippen LogP contribution in [0.2, 0.25) is 0 Å². The number of carbonyl (C=O) groups excluding carboxylic acids is 2. The van der Waals surface area contributed by atoms with Gasteiger partial charge in [-0.1, -0.05) is 51.4 Å². The summed E-state index contributed by atoms with van der Waals surface area (Å²) in [5, 5.41) is 13.6. The fourth-order valence-electron chi connectivity index (χ4n) is 2.24. The van der Waals surface area contributed by atoms with Crippen molar-refractivity contribution in [1.82, 2.24) is 10.6 Å². The number of carboxylic acids is 1. The van der Waals surface area contributed by atoms with E-state index in [2.05, 4.69) is 10.6 Å². The van der Waals surface area contributed by atoms with Crippen LogP contribution in [0.25, 0.3) is 0 Å². The topological polar surface area (TPSA) is 95.5 Å². The number of unbranched alkanes of at least 4 members (excludes halogenated alkanes) is 9. The molecule has 0 aliphatic heterocycles. The normalized spacial score (nSPS) is 10.2. The van der Waals surface area contributed by atoms with Gasteiger partial charge in [0.2, 0.25) is 12.3 Å². The van der Waals surface area contributed by atoms with Gasteiger partial charge < -0.3 is 15.7 Å². The molecule has 6 nitrogen and oxygen atoms in total. The van der Waals surface area contributed by atoms with E-state index in [0.29, 0.717) is 19.4 Å². The average Bonchev–Trinajstić information content (AvgIpc) is 2.49. The Morgan fingerprint density at radius 1 is 0.818 bits per heavy atom. The van der Waals surface area contributed by atoms with E-state index in [9.17, 15) is 14.4 Å². The first-order valence-corrected chi connectivity index (χ1v) is 8.32. The maximum absolute atomic E-state index is 11.2. The Labute approximate surface area is 133 Å². The summed E-state index contributed by atoms with van der Waals surface area (Å²) in [4.78, 5) is 31.5. The van der Waals surface area contributed by atoms with E-state index in [1.165, 1.54) is 32.1 Å². The van der Waals surface area contributed by atoms with E-state index in [1.807, 2.05) is 0 Å². The van der Waals surface area contributed by atoms with Gasteiger partial charge >= 0.3 is 5.97 Å². The van der Waals surface area contributed by atoms with Gasteiger partial charge in [-0.05, 0) is 12.8 Å². The van der Waals surface area contributed by atoms with E-state index < -0.39 is 5.97 Å². The van der Waals surface area contributed by atoms with Crippen molar-refractivity contribution in [1.29, 1.82) is 0 Å². The lowest BCUT2D eigenvalue weighted by atomic mass is 10.1. The van der Waals surface area contributed by atoms with Crippen molar-refractivity contribution < 1.29 is 19.5 Å². The molecular weight excluding hydrogens is 284 g/mol. The van der Waals surface area contributed by atoms with Crippen molar-refractivity contribution >= 4 is 18.3 Å². The minimum absolute atomic E-state index is 0.0516. The molecule has 0 aromatic carbocycles. The van der Waals surface area contributed by atoms with Crippen LogP contribution in [0.15, 0.2) is 0 Å². The largest absolute Gasteiger partial charge is 0.481 e. The SMILES string of the molecule is O=CNCC(=O)NCCCCCCCCCCCCC(=O)O. The summed E-state index contributed by atoms with van der Waals surface area (Å²) in [5.74, 6) is -0.841. The molecule has 0 saturated heterocycles. The van der Waals surface area contributed by atoms with Crippen molar-refractivity contribution in [3.8, 4) is 0 Å². The molecule has 0 saturated carbocycles. The van der Waals surface area contributed by atoms with Gasteiger partial charge in [0, 0.05) is 13.0 Å². The van der Waals surface area contributed by atoms with E-state index in [0.717, 1.165) is 32.1 Å². The molecule has 0 bridgehead atoms. The van der Waals surface area contributed by atoms with Gasteiger partial charge in [0.05, 0.1) is 6.54 Å². The van der Waals surface area contributed by atoms with Crippen molar-refractivity contribution in [2.24, 2.45) is 0 Å². The highest BCUT2D eigenvalue weighted by Crippen LogP contribution is 2.11. The lowest BCUT2D eigenvalue weighted by Crippen LogP contribution is -2.33. The first kappa shape index (κ1) is 20.4. The first-order valence-electron chi connectivity index (χ1n) is 8.32. The van der Waals surface area contributed by atoms with Crippen LogP contribution in [0.5, 0.6) is 0 Å². The number of hydrogen-bond donors (Lipinski definition) is 3. The van der Waals surface area contributed by atoms with Crippen LogP contribution >= 0.6 is 0 Å². The Balaban J connectivity index is 3.09. The number of carboxylic acid groups (broad SMARTS) is 1. The summed E-state index contributed by atoms with van der Waals surface area (Å²) in [5.41, 5.74) is 0. The Kier molecular flexibility index (Phi) is 14.7. The Morgan fingerprint density at radius 2 is 1.32 bits per heavy atom. The molecule has 128 valence electrons. The molecule has 22 heavy (non-hydrogen) atoms. The highest BCUT2D eigenvalue weighted by Gasteiger charge is 1.99. The zero-order valence-corrected chi connectivity index (χ0v) is 13.4. The van der Waals surface area contributed by atoms with Gasteiger partial charge in [-0.2, -0.15) is 0 Å². The summed E-state index contributed by atoms with van der Waals surface area (Å²) < 4.78 is 0. The fraction of sp³-hybridized carbons (Fsp3) is 0.812. The van der Waals surface area contributed by atoms with Crippen molar-refractivity contribution in [2.45, 2.75) is 70.6 Å². The van der Waals surface area contributed by atoms with Crippen LogP contribution in [-0.2, 0) is 14.4 Å². The van der Waals surface area contributed by atoms with E-state index in [4.69, 9.17) is 5.11 Å². The molecule has 0 atom stereocenters. The highest BCUT2D eigenvalue weighted by molar-refractivity contribution is 5.79. The molecule has 0 aromatic rings. The quantitative estimate of drug-likeness (QED) is 0.301. The second kappa shape index (κ2) is 15.8. The molecule has 0 aliphatic carbocycles. The molecule has 3 N–H and O–H groups in total. The number of carbonyl (C=O) groups is 3. The van der Waals surface area contributed by atoms with Gasteiger partial charge in [-0.3, -0.25) is 14.4 Å². The fourth-order valence-corrected chi connectivity index (χ4v) is 2.24. The van der Waals surface area contributed by atoms with Crippen molar-refractivity contribution in [2.75, 3.05) is 13.1 Å². The lowest BCUT2D eigenvalue weighted by molar-refractivity contribution is -0.137. The number of amides is 2. The summed E-state index contributed by atoms with van der Waals surface area (Å²) in [6.45, 7) is 0.721. The van der Waals surface area contributed by atoms with Crippen molar-refractivity contribution in [3.63, 3.8) is 0 Å². The van der Waals surface area contributed by atoms with Crippen LogP contribution in [0, 0.1) is 0 Å². The van der Waals surface area contributed by atoms with Gasteiger partial charge in [-0.15, -0.1) is 0 Å². The van der Waals surface area contributed by atoms with Crippen LogP contribution in [0.3, 0.4) is 0 Å². The summed E-state index contributed by atoms with van der Waals surface area (Å²) in [7, 11) is 0. The molecule has 0 fully saturated rings. The molecule has 0 spiro atoms. The second-order valence-corrected chi connectivity index (χ2v) is 5.53.